The van der Waals surface area contributed by atoms with Crippen LogP contribution in [0.5, 0.6) is 0 Å². The van der Waals surface area contributed by atoms with Crippen molar-refractivity contribution in [3.05, 3.63) is 54.4 Å². The molecule has 9 heteroatoms. The fraction of sp³-hybridized carbons (Fsp3) is 0.235. The Morgan fingerprint density at radius 2 is 2.12 bits per heavy atom. The zero-order valence-electron chi connectivity index (χ0n) is 13.8. The molecule has 0 spiro atoms. The van der Waals surface area contributed by atoms with Gasteiger partial charge in [0.2, 0.25) is 15.9 Å². The number of rotatable bonds is 6. The van der Waals surface area contributed by atoms with Gasteiger partial charge in [0, 0.05) is 30.8 Å². The number of carbonyl (C=O) groups is 2. The summed E-state index contributed by atoms with van der Waals surface area (Å²) in [6, 6.07) is 8.91. The van der Waals surface area contributed by atoms with Gasteiger partial charge in [-0.1, -0.05) is 6.07 Å². The Kier molecular flexibility index (Phi) is 5.29. The van der Waals surface area contributed by atoms with Crippen LogP contribution in [0.2, 0.25) is 0 Å². The molecule has 2 amide bonds. The molecule has 1 unspecified atom stereocenters. The summed E-state index contributed by atoms with van der Waals surface area (Å²) in [6.45, 7) is 0.111. The number of hydrogen-bond donors (Lipinski definition) is 3. The van der Waals surface area contributed by atoms with Gasteiger partial charge in [0.25, 0.3) is 5.91 Å². The van der Waals surface area contributed by atoms with Crippen LogP contribution >= 0.6 is 0 Å². The van der Waals surface area contributed by atoms with Gasteiger partial charge >= 0.3 is 0 Å². The first-order chi connectivity index (χ1) is 12.4. The summed E-state index contributed by atoms with van der Waals surface area (Å²) in [5, 5.41) is 5.35. The summed E-state index contributed by atoms with van der Waals surface area (Å²) < 4.78 is 27.3. The topological polar surface area (TPSA) is 117 Å². The zero-order valence-corrected chi connectivity index (χ0v) is 14.6. The summed E-state index contributed by atoms with van der Waals surface area (Å²) in [4.78, 5) is 27.4. The molecule has 26 heavy (non-hydrogen) atoms. The van der Waals surface area contributed by atoms with Crippen molar-refractivity contribution < 1.29 is 18.0 Å². The van der Waals surface area contributed by atoms with E-state index in [0.29, 0.717) is 18.5 Å². The minimum atomic E-state index is -3.79. The Morgan fingerprint density at radius 3 is 2.81 bits per heavy atom. The van der Waals surface area contributed by atoms with Crippen LogP contribution in [-0.2, 0) is 14.8 Å². The van der Waals surface area contributed by atoms with Crippen molar-refractivity contribution in [1.29, 1.82) is 0 Å². The maximum absolute atomic E-state index is 12.4. The van der Waals surface area contributed by atoms with Crippen LogP contribution in [0.1, 0.15) is 23.2 Å². The lowest BCUT2D eigenvalue weighted by Crippen LogP contribution is -2.38. The van der Waals surface area contributed by atoms with Crippen LogP contribution in [0.3, 0.4) is 0 Å². The molecule has 1 aromatic carbocycles. The van der Waals surface area contributed by atoms with Gasteiger partial charge in [-0.3, -0.25) is 14.6 Å². The van der Waals surface area contributed by atoms with Crippen molar-refractivity contribution in [1.82, 2.24) is 15.0 Å². The van der Waals surface area contributed by atoms with E-state index < -0.39 is 15.9 Å². The summed E-state index contributed by atoms with van der Waals surface area (Å²) in [5.74, 6) is -0.513. The third kappa shape index (κ3) is 4.44. The third-order valence-corrected chi connectivity index (χ3v) is 5.35. The lowest BCUT2D eigenvalue weighted by atomic mass is 10.2. The van der Waals surface area contributed by atoms with Crippen LogP contribution in [0.4, 0.5) is 5.69 Å². The Morgan fingerprint density at radius 1 is 1.27 bits per heavy atom. The maximum Gasteiger partial charge on any atom is 0.255 e. The van der Waals surface area contributed by atoms with Crippen molar-refractivity contribution in [2.24, 2.45) is 0 Å². The third-order valence-electron chi connectivity index (χ3n) is 3.93. The first-order valence-electron chi connectivity index (χ1n) is 8.04. The highest BCUT2D eigenvalue weighted by atomic mass is 32.2. The quantitative estimate of drug-likeness (QED) is 0.694. The lowest BCUT2D eigenvalue weighted by molar-refractivity contribution is -0.119. The highest BCUT2D eigenvalue weighted by Gasteiger charge is 2.23. The molecule has 2 aromatic rings. The van der Waals surface area contributed by atoms with Gasteiger partial charge in [-0.15, -0.1) is 0 Å². The Labute approximate surface area is 151 Å². The van der Waals surface area contributed by atoms with Crippen LogP contribution in [0, 0.1) is 0 Å². The molecule has 8 nitrogen and oxygen atoms in total. The van der Waals surface area contributed by atoms with E-state index >= 15 is 0 Å². The van der Waals surface area contributed by atoms with Crippen molar-refractivity contribution in [2.75, 3.05) is 11.9 Å². The van der Waals surface area contributed by atoms with Gasteiger partial charge in [-0.2, -0.15) is 0 Å². The first kappa shape index (κ1) is 18.0. The average Bonchev–Trinajstić information content (AvgIpc) is 3.06. The fourth-order valence-corrected chi connectivity index (χ4v) is 3.70. The Bertz CT molecular complexity index is 915. The highest BCUT2D eigenvalue weighted by Crippen LogP contribution is 2.14. The highest BCUT2D eigenvalue weighted by molar-refractivity contribution is 7.89. The van der Waals surface area contributed by atoms with E-state index in [1.54, 1.807) is 18.3 Å². The molecule has 1 atom stereocenters. The van der Waals surface area contributed by atoms with Crippen molar-refractivity contribution in [3.63, 3.8) is 0 Å². The van der Waals surface area contributed by atoms with Crippen LogP contribution in [-0.4, -0.2) is 37.8 Å². The van der Waals surface area contributed by atoms with Crippen molar-refractivity contribution in [3.8, 4) is 0 Å². The molecule has 0 saturated carbocycles. The molecular weight excluding hydrogens is 356 g/mol. The number of nitrogens with zero attached hydrogens (tertiary/aromatic N) is 1. The zero-order chi connectivity index (χ0) is 18.6. The second-order valence-electron chi connectivity index (χ2n) is 5.88. The molecule has 0 radical (unpaired) electrons. The van der Waals surface area contributed by atoms with Gasteiger partial charge in [-0.25, -0.2) is 13.1 Å². The first-order valence-corrected chi connectivity index (χ1v) is 9.53. The van der Waals surface area contributed by atoms with Crippen molar-refractivity contribution >= 4 is 27.5 Å². The minimum Gasteiger partial charge on any atom is -0.352 e. The second-order valence-corrected chi connectivity index (χ2v) is 7.65. The molecule has 0 bridgehead atoms. The van der Waals surface area contributed by atoms with E-state index in [1.807, 2.05) is 0 Å². The smallest absolute Gasteiger partial charge is 0.255 e. The molecule has 1 aromatic heterocycles. The van der Waals surface area contributed by atoms with Gasteiger partial charge in [0.1, 0.15) is 0 Å². The molecule has 2 heterocycles. The summed E-state index contributed by atoms with van der Waals surface area (Å²) in [5.41, 5.74) is 0.728. The number of sulfonamides is 1. The lowest BCUT2D eigenvalue weighted by Gasteiger charge is -2.12. The maximum atomic E-state index is 12.4. The van der Waals surface area contributed by atoms with E-state index in [4.69, 9.17) is 0 Å². The van der Waals surface area contributed by atoms with Crippen LogP contribution in [0.15, 0.2) is 53.7 Å². The van der Waals surface area contributed by atoms with Crippen molar-refractivity contribution in [2.45, 2.75) is 23.8 Å². The second kappa shape index (κ2) is 7.63. The molecule has 3 rings (SSSR count). The van der Waals surface area contributed by atoms with E-state index in [1.165, 1.54) is 30.5 Å². The van der Waals surface area contributed by atoms with Gasteiger partial charge in [0.15, 0.2) is 0 Å². The number of hydrogen-bond acceptors (Lipinski definition) is 5. The number of amides is 2. The van der Waals surface area contributed by atoms with E-state index in [9.17, 15) is 18.0 Å². The van der Waals surface area contributed by atoms with Gasteiger partial charge < -0.3 is 10.6 Å². The van der Waals surface area contributed by atoms with Gasteiger partial charge in [-0.05, 0) is 36.8 Å². The number of anilines is 1. The molecule has 136 valence electrons. The fourth-order valence-electron chi connectivity index (χ4n) is 2.57. The van der Waals surface area contributed by atoms with E-state index in [2.05, 4.69) is 20.3 Å². The minimum absolute atomic E-state index is 0.0133. The summed E-state index contributed by atoms with van der Waals surface area (Å²) in [7, 11) is -3.79. The standard InChI is InChI=1S/C17H18N4O4S/c22-16-7-6-14(20-16)11-19-26(24,25)15-5-1-3-12(9-15)17(23)21-13-4-2-8-18-10-13/h1-5,8-10,14,19H,6-7,11H2,(H,20,22)(H,21,23). The Balaban J connectivity index is 1.69. The van der Waals surface area contributed by atoms with Crippen LogP contribution < -0.4 is 15.4 Å². The van der Waals surface area contributed by atoms with Gasteiger partial charge in [0.05, 0.1) is 16.8 Å². The molecule has 0 aliphatic carbocycles. The Hall–Kier alpha value is -2.78. The van der Waals surface area contributed by atoms with E-state index in [0.717, 1.165) is 0 Å². The number of pyridine rings is 1. The number of benzene rings is 1. The molecule has 1 aliphatic heterocycles. The SMILES string of the molecule is O=C1CCC(CNS(=O)(=O)c2cccc(C(=O)Nc3cccnc3)c2)N1. The predicted octanol–water partition coefficient (Wildman–Crippen LogP) is 0.891. The normalized spacial score (nSPS) is 16.9. The van der Waals surface area contributed by atoms with E-state index in [-0.39, 0.29) is 29.0 Å². The summed E-state index contributed by atoms with van der Waals surface area (Å²) >= 11 is 0. The largest absolute Gasteiger partial charge is 0.352 e. The number of carbonyl (C=O) groups excluding carboxylic acids is 2. The monoisotopic (exact) mass is 374 g/mol. The summed E-state index contributed by atoms with van der Waals surface area (Å²) in [6.07, 6.45) is 4.07. The number of aromatic nitrogens is 1. The molecule has 3 N–H and O–H groups in total. The average molecular weight is 374 g/mol. The predicted molar refractivity (Wildman–Crippen MR) is 95.0 cm³/mol. The molecule has 1 saturated heterocycles. The molecule has 1 aliphatic rings. The molecular formula is C17H18N4O4S. The number of nitrogens with one attached hydrogen (secondary N) is 3. The van der Waals surface area contributed by atoms with Crippen LogP contribution in [0.25, 0.3) is 0 Å². The molecule has 1 fully saturated rings.